The number of aromatic nitrogens is 1. The molecule has 0 spiro atoms. The van der Waals surface area contributed by atoms with Gasteiger partial charge >= 0.3 is 0 Å². The number of nitrogens with zero attached hydrogens (tertiary/aromatic N) is 1. The van der Waals surface area contributed by atoms with Crippen molar-refractivity contribution in [1.29, 1.82) is 0 Å². The van der Waals surface area contributed by atoms with E-state index >= 15 is 0 Å². The van der Waals surface area contributed by atoms with Crippen molar-refractivity contribution in [3.8, 4) is 0 Å². The van der Waals surface area contributed by atoms with Crippen LogP contribution in [0.1, 0.15) is 26.2 Å². The van der Waals surface area contributed by atoms with Gasteiger partial charge in [-0.1, -0.05) is 44.0 Å². The summed E-state index contributed by atoms with van der Waals surface area (Å²) in [4.78, 5) is 15.7. The molecule has 2 aromatic rings. The smallest absolute Gasteiger partial charge is 0.266 e. The molecule has 1 aromatic carbocycles. The standard InChI is InChI=1S/C15H17NO3S/c1-2-3-6-11-20(18,19)14-10-9-12-7-4-5-8-13(12)16-15(14)17/h4-5,7-10H,2-3,6,11H2,1H3. The predicted molar refractivity (Wildman–Crippen MR) is 79.6 cm³/mol. The summed E-state index contributed by atoms with van der Waals surface area (Å²) < 4.78 is 24.4. The zero-order chi connectivity index (χ0) is 14.6. The summed E-state index contributed by atoms with van der Waals surface area (Å²) in [5.41, 5.74) is -0.171. The van der Waals surface area contributed by atoms with Gasteiger partial charge in [0.2, 0.25) is 0 Å². The van der Waals surface area contributed by atoms with Crippen molar-refractivity contribution in [2.75, 3.05) is 5.75 Å². The fourth-order valence-corrected chi connectivity index (χ4v) is 3.41. The molecule has 0 saturated carbocycles. The van der Waals surface area contributed by atoms with Gasteiger partial charge in [-0.25, -0.2) is 13.4 Å². The molecule has 0 amide bonds. The zero-order valence-electron chi connectivity index (χ0n) is 11.4. The number of fused-ring (bicyclic) bond motifs is 1. The minimum atomic E-state index is -3.56. The Kier molecular flexibility index (Phi) is 4.49. The van der Waals surface area contributed by atoms with Crippen LogP contribution in [0.2, 0.25) is 0 Å². The maximum Gasteiger partial charge on any atom is 0.289 e. The molecular weight excluding hydrogens is 274 g/mol. The third-order valence-electron chi connectivity index (χ3n) is 3.14. The molecule has 0 N–H and O–H groups in total. The molecule has 0 fully saturated rings. The van der Waals surface area contributed by atoms with Crippen LogP contribution in [0.4, 0.5) is 0 Å². The minimum absolute atomic E-state index is 0.00187. The zero-order valence-corrected chi connectivity index (χ0v) is 12.2. The molecule has 0 aliphatic carbocycles. The normalized spacial score (nSPS) is 11.7. The summed E-state index contributed by atoms with van der Waals surface area (Å²) in [7, 11) is -3.56. The summed E-state index contributed by atoms with van der Waals surface area (Å²) in [6.45, 7) is 2.00. The number of rotatable bonds is 5. The molecule has 4 nitrogen and oxygen atoms in total. The van der Waals surface area contributed by atoms with Crippen LogP contribution in [0.5, 0.6) is 0 Å². The largest absolute Gasteiger partial charge is 0.289 e. The summed E-state index contributed by atoms with van der Waals surface area (Å²) in [6, 6.07) is 10.1. The third-order valence-corrected chi connectivity index (χ3v) is 4.94. The number of hydrogen-bond acceptors (Lipinski definition) is 4. The molecular formula is C15H17NO3S. The monoisotopic (exact) mass is 291 g/mol. The number of para-hydroxylation sites is 1. The Morgan fingerprint density at radius 1 is 1.05 bits per heavy atom. The van der Waals surface area contributed by atoms with Crippen LogP contribution in [0.3, 0.4) is 0 Å². The van der Waals surface area contributed by atoms with Crippen LogP contribution < -0.4 is 5.56 Å². The Labute approximate surface area is 118 Å². The molecule has 0 radical (unpaired) electrons. The van der Waals surface area contributed by atoms with E-state index in [1.165, 1.54) is 6.07 Å². The Hall–Kier alpha value is -1.75. The van der Waals surface area contributed by atoms with E-state index in [-0.39, 0.29) is 10.6 Å². The Morgan fingerprint density at radius 2 is 1.80 bits per heavy atom. The topological polar surface area (TPSA) is 64.1 Å². The highest BCUT2D eigenvalue weighted by Gasteiger charge is 2.17. The minimum Gasteiger partial charge on any atom is -0.266 e. The summed E-state index contributed by atoms with van der Waals surface area (Å²) in [5.74, 6) is -0.00187. The van der Waals surface area contributed by atoms with Gasteiger partial charge in [0.15, 0.2) is 9.84 Å². The molecule has 20 heavy (non-hydrogen) atoms. The van der Waals surface area contributed by atoms with Crippen LogP contribution in [0, 0.1) is 0 Å². The highest BCUT2D eigenvalue weighted by atomic mass is 32.2. The molecule has 0 aliphatic heterocycles. The van der Waals surface area contributed by atoms with Crippen molar-refractivity contribution in [3.05, 3.63) is 46.8 Å². The van der Waals surface area contributed by atoms with Gasteiger partial charge in [-0.2, -0.15) is 0 Å². The maximum atomic E-state index is 12.2. The summed E-state index contributed by atoms with van der Waals surface area (Å²) in [6.07, 6.45) is 2.34. The second-order valence-corrected chi connectivity index (χ2v) is 6.78. The lowest BCUT2D eigenvalue weighted by atomic mass is 10.2. The van der Waals surface area contributed by atoms with Crippen LogP contribution in [-0.4, -0.2) is 19.2 Å². The van der Waals surface area contributed by atoms with Crippen LogP contribution in [-0.2, 0) is 9.84 Å². The quantitative estimate of drug-likeness (QED) is 0.794. The van der Waals surface area contributed by atoms with Gasteiger partial charge in [0, 0.05) is 5.39 Å². The number of hydrogen-bond donors (Lipinski definition) is 0. The molecule has 106 valence electrons. The second kappa shape index (κ2) is 6.13. The molecule has 5 heteroatoms. The van der Waals surface area contributed by atoms with E-state index in [0.717, 1.165) is 18.2 Å². The van der Waals surface area contributed by atoms with Crippen LogP contribution in [0.25, 0.3) is 10.9 Å². The lowest BCUT2D eigenvalue weighted by Crippen LogP contribution is -2.17. The van der Waals surface area contributed by atoms with E-state index in [9.17, 15) is 13.2 Å². The van der Waals surface area contributed by atoms with Gasteiger partial charge in [0.1, 0.15) is 4.90 Å². The first-order valence-corrected chi connectivity index (χ1v) is 8.32. The maximum absolute atomic E-state index is 12.2. The Morgan fingerprint density at radius 3 is 2.55 bits per heavy atom. The van der Waals surface area contributed by atoms with Crippen molar-refractivity contribution in [2.24, 2.45) is 0 Å². The van der Waals surface area contributed by atoms with E-state index in [4.69, 9.17) is 0 Å². The van der Waals surface area contributed by atoms with Crippen molar-refractivity contribution >= 4 is 20.7 Å². The van der Waals surface area contributed by atoms with E-state index in [0.29, 0.717) is 11.9 Å². The molecule has 0 unspecified atom stereocenters. The first kappa shape index (κ1) is 14.7. The molecule has 1 heterocycles. The second-order valence-electron chi connectivity index (χ2n) is 4.70. The van der Waals surface area contributed by atoms with Crippen molar-refractivity contribution in [1.82, 2.24) is 4.98 Å². The predicted octanol–water partition coefficient (Wildman–Crippen LogP) is 2.56. The average molecular weight is 291 g/mol. The van der Waals surface area contributed by atoms with Gasteiger partial charge in [-0.3, -0.25) is 4.79 Å². The molecule has 0 bridgehead atoms. The van der Waals surface area contributed by atoms with E-state index < -0.39 is 15.4 Å². The van der Waals surface area contributed by atoms with E-state index in [2.05, 4.69) is 4.98 Å². The van der Waals surface area contributed by atoms with Crippen molar-refractivity contribution < 1.29 is 8.42 Å². The number of unbranched alkanes of at least 4 members (excludes halogenated alkanes) is 2. The Balaban J connectivity index is 2.50. The molecule has 2 rings (SSSR count). The summed E-state index contributed by atoms with van der Waals surface area (Å²) >= 11 is 0. The van der Waals surface area contributed by atoms with Crippen LogP contribution >= 0.6 is 0 Å². The number of benzene rings is 1. The molecule has 0 saturated heterocycles. The van der Waals surface area contributed by atoms with E-state index in [1.807, 2.05) is 13.0 Å². The van der Waals surface area contributed by atoms with Crippen molar-refractivity contribution in [3.63, 3.8) is 0 Å². The van der Waals surface area contributed by atoms with Gasteiger partial charge in [-0.05, 0) is 18.6 Å². The molecule has 0 atom stereocenters. The SMILES string of the molecule is CCCCCS(=O)(=O)c1ccc2ccccc2nc1=O. The fourth-order valence-electron chi connectivity index (χ4n) is 2.02. The first-order chi connectivity index (χ1) is 9.54. The Bertz CT molecular complexity index is 769. The average Bonchev–Trinajstić information content (AvgIpc) is 2.57. The van der Waals surface area contributed by atoms with Gasteiger partial charge in [0.05, 0.1) is 11.3 Å². The van der Waals surface area contributed by atoms with Gasteiger partial charge in [0.25, 0.3) is 5.56 Å². The lowest BCUT2D eigenvalue weighted by Gasteiger charge is -2.00. The van der Waals surface area contributed by atoms with Gasteiger partial charge < -0.3 is 0 Å². The van der Waals surface area contributed by atoms with Crippen molar-refractivity contribution in [2.45, 2.75) is 31.1 Å². The molecule has 1 aromatic heterocycles. The first-order valence-electron chi connectivity index (χ1n) is 6.67. The highest BCUT2D eigenvalue weighted by molar-refractivity contribution is 7.91. The third kappa shape index (κ3) is 3.22. The summed E-state index contributed by atoms with van der Waals surface area (Å²) in [5, 5.41) is 0.750. The number of sulfone groups is 1. The highest BCUT2D eigenvalue weighted by Crippen LogP contribution is 2.12. The fraction of sp³-hybridized carbons (Fsp3) is 0.333. The molecule has 0 aliphatic rings. The lowest BCUT2D eigenvalue weighted by molar-refractivity contribution is 0.590. The van der Waals surface area contributed by atoms with E-state index in [1.54, 1.807) is 24.3 Å². The van der Waals surface area contributed by atoms with Crippen LogP contribution in [0.15, 0.2) is 46.1 Å². The van der Waals surface area contributed by atoms with Gasteiger partial charge in [-0.15, -0.1) is 0 Å².